The van der Waals surface area contributed by atoms with Crippen LogP contribution in [-0.4, -0.2) is 21.3 Å². The van der Waals surface area contributed by atoms with Gasteiger partial charge in [0.2, 0.25) is 5.91 Å². The van der Waals surface area contributed by atoms with Crippen LogP contribution in [0.25, 0.3) is 10.9 Å². The van der Waals surface area contributed by atoms with Gasteiger partial charge >= 0.3 is 0 Å². The Kier molecular flexibility index (Phi) is 6.43. The average molecular weight is 355 g/mol. The summed E-state index contributed by atoms with van der Waals surface area (Å²) in [7, 11) is 0. The van der Waals surface area contributed by atoms with Gasteiger partial charge in [0, 0.05) is 42.0 Å². The number of carbonyl (C=O) groups is 1. The maximum atomic E-state index is 14.4. The molecule has 6 nitrogen and oxygen atoms in total. The number of hydrogen-bond donors (Lipinski definition) is 2. The molecule has 0 saturated heterocycles. The van der Waals surface area contributed by atoms with Crippen LogP contribution in [0.1, 0.15) is 31.9 Å². The molecule has 136 valence electrons. The molecule has 3 rings (SSSR count). The second-order valence-electron chi connectivity index (χ2n) is 5.35. The molecule has 0 atom stereocenters. The molecule has 0 radical (unpaired) electrons. The van der Waals surface area contributed by atoms with E-state index in [9.17, 15) is 9.18 Å². The number of pyridine rings is 1. The lowest BCUT2D eigenvalue weighted by Crippen LogP contribution is -2.22. The molecule has 1 amide bonds. The van der Waals surface area contributed by atoms with Crippen LogP contribution < -0.4 is 11.2 Å². The second-order valence-corrected chi connectivity index (χ2v) is 5.35. The van der Waals surface area contributed by atoms with Crippen molar-refractivity contribution in [2.45, 2.75) is 27.3 Å². The molecule has 3 aromatic rings. The minimum Gasteiger partial charge on any atom is -0.382 e. The normalized spacial score (nSPS) is 11.0. The lowest BCUT2D eigenvalue weighted by Gasteiger charge is -2.09. The van der Waals surface area contributed by atoms with E-state index in [1.807, 2.05) is 36.7 Å². The summed E-state index contributed by atoms with van der Waals surface area (Å²) in [6.07, 6.45) is 5.37. The Morgan fingerprint density at radius 3 is 2.77 bits per heavy atom. The number of aromatic nitrogens is 2. The average Bonchev–Trinajstić information content (AvgIpc) is 3.06. The van der Waals surface area contributed by atoms with E-state index in [1.165, 1.54) is 13.0 Å². The molecular formula is C19H22FN5O. The van der Waals surface area contributed by atoms with Gasteiger partial charge in [-0.15, -0.1) is 0 Å². The van der Waals surface area contributed by atoms with Gasteiger partial charge in [-0.1, -0.05) is 26.0 Å². The van der Waals surface area contributed by atoms with E-state index in [1.54, 1.807) is 24.5 Å². The zero-order valence-electron chi connectivity index (χ0n) is 15.0. The van der Waals surface area contributed by atoms with Crippen molar-refractivity contribution >= 4 is 22.6 Å². The number of nitrogens with one attached hydrogen (secondary N) is 1. The first-order valence-corrected chi connectivity index (χ1v) is 8.32. The van der Waals surface area contributed by atoms with Crippen molar-refractivity contribution in [3.63, 3.8) is 0 Å². The second kappa shape index (κ2) is 8.75. The minimum absolute atomic E-state index is 0.0492. The van der Waals surface area contributed by atoms with Gasteiger partial charge in [0.15, 0.2) is 5.84 Å². The summed E-state index contributed by atoms with van der Waals surface area (Å²) in [6, 6.07) is 8.47. The molecule has 0 aliphatic rings. The Morgan fingerprint density at radius 1 is 1.31 bits per heavy atom. The fourth-order valence-corrected chi connectivity index (χ4v) is 2.40. The van der Waals surface area contributed by atoms with E-state index in [2.05, 4.69) is 15.5 Å². The van der Waals surface area contributed by atoms with E-state index in [0.717, 1.165) is 10.9 Å². The number of nitrogens with two attached hydrogens (primary N) is 1. The summed E-state index contributed by atoms with van der Waals surface area (Å²) in [6.45, 7) is 5.71. The third-order valence-electron chi connectivity index (χ3n) is 3.59. The minimum atomic E-state index is -0.385. The van der Waals surface area contributed by atoms with E-state index >= 15 is 0 Å². The fraction of sp³-hybridized carbons (Fsp3) is 0.211. The number of benzene rings is 1. The zero-order valence-corrected chi connectivity index (χ0v) is 15.0. The van der Waals surface area contributed by atoms with Crippen LogP contribution in [0.5, 0.6) is 0 Å². The van der Waals surface area contributed by atoms with Crippen LogP contribution in [0.15, 0.2) is 54.0 Å². The fourth-order valence-electron chi connectivity index (χ4n) is 2.40. The number of nitrogens with zero attached hydrogens (tertiary/aromatic N) is 3. The summed E-state index contributed by atoms with van der Waals surface area (Å²) in [4.78, 5) is 14.9. The SMILES string of the molecule is CC.CC(=O)N/N=C(\N)c1ccc(Cn2ccc3cnccc32)c(F)c1. The van der Waals surface area contributed by atoms with Gasteiger partial charge in [-0.25, -0.2) is 9.82 Å². The van der Waals surface area contributed by atoms with Crippen LogP contribution in [0, 0.1) is 5.82 Å². The smallest absolute Gasteiger partial charge is 0.237 e. The molecule has 0 fully saturated rings. The van der Waals surface area contributed by atoms with Crippen LogP contribution in [-0.2, 0) is 11.3 Å². The number of amides is 1. The Balaban J connectivity index is 0.00000117. The Morgan fingerprint density at radius 2 is 2.08 bits per heavy atom. The molecule has 0 bridgehead atoms. The third-order valence-corrected chi connectivity index (χ3v) is 3.59. The molecule has 0 unspecified atom stereocenters. The number of amidine groups is 1. The molecular weight excluding hydrogens is 333 g/mol. The van der Waals surface area contributed by atoms with Gasteiger partial charge in [0.25, 0.3) is 0 Å². The number of carbonyl (C=O) groups excluding carboxylic acids is 1. The van der Waals surface area contributed by atoms with Crippen molar-refractivity contribution in [3.05, 3.63) is 65.9 Å². The molecule has 3 N–H and O–H groups in total. The zero-order chi connectivity index (χ0) is 19.1. The number of hydrogen-bond acceptors (Lipinski definition) is 3. The van der Waals surface area contributed by atoms with Crippen LogP contribution in [0.3, 0.4) is 0 Å². The molecule has 26 heavy (non-hydrogen) atoms. The number of hydrazone groups is 1. The van der Waals surface area contributed by atoms with E-state index in [0.29, 0.717) is 17.7 Å². The van der Waals surface area contributed by atoms with E-state index in [4.69, 9.17) is 5.73 Å². The van der Waals surface area contributed by atoms with Gasteiger partial charge < -0.3 is 10.3 Å². The molecule has 2 aromatic heterocycles. The highest BCUT2D eigenvalue weighted by atomic mass is 19.1. The summed E-state index contributed by atoms with van der Waals surface area (Å²) in [5, 5.41) is 4.70. The van der Waals surface area contributed by atoms with Gasteiger partial charge in [-0.2, -0.15) is 5.10 Å². The van der Waals surface area contributed by atoms with Crippen molar-refractivity contribution in [3.8, 4) is 0 Å². The molecule has 0 spiro atoms. The van der Waals surface area contributed by atoms with Crippen LogP contribution >= 0.6 is 0 Å². The van der Waals surface area contributed by atoms with Crippen molar-refractivity contribution in [1.82, 2.24) is 15.0 Å². The lowest BCUT2D eigenvalue weighted by molar-refractivity contribution is -0.118. The van der Waals surface area contributed by atoms with Gasteiger partial charge in [0.1, 0.15) is 5.82 Å². The largest absolute Gasteiger partial charge is 0.382 e. The lowest BCUT2D eigenvalue weighted by atomic mass is 10.1. The van der Waals surface area contributed by atoms with Gasteiger partial charge in [-0.3, -0.25) is 9.78 Å². The third kappa shape index (κ3) is 4.44. The standard InChI is InChI=1S/C17H16FN5O.C2H6/c1-11(24)21-22-17(19)12-2-3-14(15(18)8-12)10-23-7-5-13-9-20-6-4-16(13)23;1-2/h2-9H,10H2,1H3,(H2,19,22)(H,21,24);1-2H3. The summed E-state index contributed by atoms with van der Waals surface area (Å²) < 4.78 is 16.3. The first kappa shape index (κ1) is 19.1. The molecule has 1 aromatic carbocycles. The predicted molar refractivity (Wildman–Crippen MR) is 101 cm³/mol. The Hall–Kier alpha value is -3.22. The monoisotopic (exact) mass is 355 g/mol. The van der Waals surface area contributed by atoms with Crippen molar-refractivity contribution in [1.29, 1.82) is 0 Å². The highest BCUT2D eigenvalue weighted by Crippen LogP contribution is 2.18. The Labute approximate surface area is 151 Å². The van der Waals surface area contributed by atoms with Crippen molar-refractivity contribution in [2.75, 3.05) is 0 Å². The molecule has 7 heteroatoms. The van der Waals surface area contributed by atoms with E-state index in [-0.39, 0.29) is 17.6 Å². The van der Waals surface area contributed by atoms with Crippen molar-refractivity contribution in [2.24, 2.45) is 10.8 Å². The van der Waals surface area contributed by atoms with E-state index < -0.39 is 0 Å². The maximum Gasteiger partial charge on any atom is 0.237 e. The summed E-state index contributed by atoms with van der Waals surface area (Å²) in [5.41, 5.74) is 9.88. The predicted octanol–water partition coefficient (Wildman–Crippen LogP) is 3.01. The van der Waals surface area contributed by atoms with Crippen LogP contribution in [0.4, 0.5) is 4.39 Å². The van der Waals surface area contributed by atoms with Gasteiger partial charge in [-0.05, 0) is 18.2 Å². The number of halogens is 1. The molecule has 0 saturated carbocycles. The molecule has 2 heterocycles. The highest BCUT2D eigenvalue weighted by molar-refractivity contribution is 5.98. The van der Waals surface area contributed by atoms with Crippen LogP contribution in [0.2, 0.25) is 0 Å². The maximum absolute atomic E-state index is 14.4. The summed E-state index contributed by atoms with van der Waals surface area (Å²) in [5.74, 6) is -0.679. The topological polar surface area (TPSA) is 85.3 Å². The Bertz CT molecular complexity index is 933. The highest BCUT2D eigenvalue weighted by Gasteiger charge is 2.09. The van der Waals surface area contributed by atoms with Gasteiger partial charge in [0.05, 0.1) is 12.1 Å². The summed E-state index contributed by atoms with van der Waals surface area (Å²) >= 11 is 0. The van der Waals surface area contributed by atoms with Crippen molar-refractivity contribution < 1.29 is 9.18 Å². The first-order chi connectivity index (χ1) is 12.5. The molecule has 0 aliphatic carbocycles. The first-order valence-electron chi connectivity index (χ1n) is 8.32. The number of fused-ring (bicyclic) bond motifs is 1. The quantitative estimate of drug-likeness (QED) is 0.429. The number of rotatable bonds is 4. The molecule has 0 aliphatic heterocycles.